The number of unbranched alkanes of at least 4 members (excludes halogenated alkanes) is 6. The van der Waals surface area contributed by atoms with E-state index >= 15 is 0 Å². The van der Waals surface area contributed by atoms with Gasteiger partial charge in [-0.2, -0.15) is 0 Å². The molecule has 0 radical (unpaired) electrons. The van der Waals surface area contributed by atoms with Gasteiger partial charge in [-0.1, -0.05) is 45.4 Å². The molecule has 0 aliphatic rings. The van der Waals surface area contributed by atoms with Crippen LogP contribution in [0.25, 0.3) is 0 Å². The van der Waals surface area contributed by atoms with Gasteiger partial charge in [-0.3, -0.25) is 24.2 Å². The number of carbonyl (C=O) groups excluding carboxylic acids is 3. The number of hydrogen-bond acceptors (Lipinski definition) is 6. The Morgan fingerprint density at radius 2 is 1.43 bits per heavy atom. The maximum Gasteiger partial charge on any atom is 0.326 e. The molecule has 0 unspecified atom stereocenters. The molecule has 0 aliphatic heterocycles. The third-order valence-electron chi connectivity index (χ3n) is 5.04. The highest BCUT2D eigenvalue weighted by atomic mass is 16.4. The van der Waals surface area contributed by atoms with E-state index in [0.29, 0.717) is 12.8 Å². The van der Waals surface area contributed by atoms with Crippen molar-refractivity contribution >= 4 is 35.6 Å². The fourth-order valence-corrected chi connectivity index (χ4v) is 3.19. The number of nitrogens with zero attached hydrogens (tertiary/aromatic N) is 1. The minimum Gasteiger partial charge on any atom is -0.481 e. The lowest BCUT2D eigenvalue weighted by Gasteiger charge is -2.19. The number of carbonyl (C=O) groups is 5. The Morgan fingerprint density at radius 3 is 2.00 bits per heavy atom. The van der Waals surface area contributed by atoms with E-state index in [-0.39, 0.29) is 31.3 Å². The Morgan fingerprint density at radius 1 is 0.829 bits per heavy atom. The molecule has 35 heavy (non-hydrogen) atoms. The average Bonchev–Trinajstić information content (AvgIpc) is 2.77. The van der Waals surface area contributed by atoms with Crippen LogP contribution in [0.15, 0.2) is 4.99 Å². The molecule has 0 saturated carbocycles. The van der Waals surface area contributed by atoms with Crippen molar-refractivity contribution in [2.75, 3.05) is 13.1 Å². The van der Waals surface area contributed by atoms with E-state index < -0.39 is 48.8 Å². The van der Waals surface area contributed by atoms with Gasteiger partial charge in [0.25, 0.3) is 0 Å². The van der Waals surface area contributed by atoms with Crippen LogP contribution in [0.3, 0.4) is 0 Å². The van der Waals surface area contributed by atoms with Crippen molar-refractivity contribution in [3.05, 3.63) is 0 Å². The summed E-state index contributed by atoms with van der Waals surface area (Å²) < 4.78 is 0. The highest BCUT2D eigenvalue weighted by molar-refractivity contribution is 5.92. The molecule has 0 aromatic heterocycles. The normalized spacial score (nSPS) is 12.1. The summed E-state index contributed by atoms with van der Waals surface area (Å²) in [6.07, 6.45) is 7.39. The minimum absolute atomic E-state index is 0.0972. The molecule has 0 rings (SSSR count). The summed E-state index contributed by atoms with van der Waals surface area (Å²) in [5.41, 5.74) is 10.6. The lowest BCUT2D eigenvalue weighted by Crippen LogP contribution is -2.51. The van der Waals surface area contributed by atoms with Gasteiger partial charge >= 0.3 is 11.9 Å². The first-order valence-electron chi connectivity index (χ1n) is 11.9. The van der Waals surface area contributed by atoms with Gasteiger partial charge in [0.05, 0.1) is 13.0 Å². The summed E-state index contributed by atoms with van der Waals surface area (Å²) >= 11 is 0. The van der Waals surface area contributed by atoms with Gasteiger partial charge in [-0.05, 0) is 19.3 Å². The number of rotatable bonds is 20. The number of guanidine groups is 1. The quantitative estimate of drug-likeness (QED) is 0.0667. The molecule has 3 amide bonds. The zero-order chi connectivity index (χ0) is 26.6. The van der Waals surface area contributed by atoms with Crippen molar-refractivity contribution < 1.29 is 34.2 Å². The average molecular weight is 501 g/mol. The zero-order valence-electron chi connectivity index (χ0n) is 20.4. The molecule has 0 aromatic carbocycles. The second kappa shape index (κ2) is 19.0. The van der Waals surface area contributed by atoms with E-state index in [1.165, 1.54) is 19.3 Å². The predicted molar refractivity (Wildman–Crippen MR) is 129 cm³/mol. The Balaban J connectivity index is 4.73. The van der Waals surface area contributed by atoms with Gasteiger partial charge in [-0.25, -0.2) is 4.79 Å². The Kier molecular flexibility index (Phi) is 17.1. The molecule has 0 spiro atoms. The maximum absolute atomic E-state index is 12.6. The van der Waals surface area contributed by atoms with Crippen molar-refractivity contribution in [3.8, 4) is 0 Å². The van der Waals surface area contributed by atoms with Crippen LogP contribution < -0.4 is 27.4 Å². The molecule has 0 fully saturated rings. The van der Waals surface area contributed by atoms with E-state index in [4.69, 9.17) is 21.7 Å². The summed E-state index contributed by atoms with van der Waals surface area (Å²) in [6.45, 7) is 1.81. The number of hydrogen-bond donors (Lipinski definition) is 7. The predicted octanol–water partition coefficient (Wildman–Crippen LogP) is -0.174. The molecule has 13 nitrogen and oxygen atoms in total. The molecule has 0 aromatic rings. The Labute approximate surface area is 205 Å². The topological polar surface area (TPSA) is 226 Å². The summed E-state index contributed by atoms with van der Waals surface area (Å²) in [5.74, 6) is -4.81. The van der Waals surface area contributed by atoms with Gasteiger partial charge in [0.2, 0.25) is 17.7 Å². The second-order valence-corrected chi connectivity index (χ2v) is 8.21. The van der Waals surface area contributed by atoms with E-state index in [2.05, 4.69) is 22.5 Å². The Bertz CT molecular complexity index is 725. The molecule has 0 saturated heterocycles. The Hall–Kier alpha value is -3.38. The molecule has 2 atom stereocenters. The first-order chi connectivity index (χ1) is 16.6. The molecule has 13 heteroatoms. The molecule has 200 valence electrons. The molecule has 0 aliphatic carbocycles. The van der Waals surface area contributed by atoms with Gasteiger partial charge in [0, 0.05) is 13.0 Å². The van der Waals surface area contributed by atoms with Gasteiger partial charge in [0.15, 0.2) is 5.96 Å². The fraction of sp³-hybridized carbons (Fsp3) is 0.727. The summed E-state index contributed by atoms with van der Waals surface area (Å²) in [4.78, 5) is 62.5. The van der Waals surface area contributed by atoms with Crippen LogP contribution in [0, 0.1) is 0 Å². The number of carboxylic acid groups (broad SMARTS) is 2. The molecular formula is C22H40N6O7. The monoisotopic (exact) mass is 500 g/mol. The van der Waals surface area contributed by atoms with E-state index in [9.17, 15) is 24.0 Å². The van der Waals surface area contributed by atoms with Crippen LogP contribution in [0.5, 0.6) is 0 Å². The largest absolute Gasteiger partial charge is 0.481 e. The first-order valence-corrected chi connectivity index (χ1v) is 11.9. The van der Waals surface area contributed by atoms with Gasteiger partial charge in [-0.15, -0.1) is 0 Å². The molecular weight excluding hydrogens is 460 g/mol. The van der Waals surface area contributed by atoms with Gasteiger partial charge in [0.1, 0.15) is 12.1 Å². The SMILES string of the molecule is CCCCCCCCCC(=O)N[C@@H](CCCN=C(N)N)C(=O)NCC(=O)N[C@@H](CC(=O)O)C(=O)O. The van der Waals surface area contributed by atoms with Crippen molar-refractivity contribution in [3.63, 3.8) is 0 Å². The van der Waals surface area contributed by atoms with Crippen molar-refractivity contribution in [1.29, 1.82) is 0 Å². The second-order valence-electron chi connectivity index (χ2n) is 8.21. The number of nitrogens with two attached hydrogens (primary N) is 2. The highest BCUT2D eigenvalue weighted by Gasteiger charge is 2.24. The third kappa shape index (κ3) is 17.7. The highest BCUT2D eigenvalue weighted by Crippen LogP contribution is 2.09. The summed E-state index contributed by atoms with van der Waals surface area (Å²) in [6, 6.07) is -2.57. The third-order valence-corrected chi connectivity index (χ3v) is 5.04. The van der Waals surface area contributed by atoms with E-state index in [0.717, 1.165) is 19.3 Å². The standard InChI is InChI=1S/C22H40N6O7/c1-2-3-4-5-6-7-8-11-17(29)27-15(10-9-12-25-22(23)24)20(33)26-14-18(30)28-16(21(34)35)13-19(31)32/h15-16H,2-14H2,1H3,(H,26,33)(H,27,29)(H,28,30)(H,31,32)(H,34,35)(H4,23,24,25)/t15-,16-/m0/s1. The number of nitrogens with one attached hydrogen (secondary N) is 3. The molecule has 0 heterocycles. The number of amides is 3. The van der Waals surface area contributed by atoms with Crippen molar-refractivity contribution in [2.24, 2.45) is 16.5 Å². The summed E-state index contributed by atoms with van der Waals surface area (Å²) in [7, 11) is 0. The van der Waals surface area contributed by atoms with Crippen LogP contribution in [0.2, 0.25) is 0 Å². The smallest absolute Gasteiger partial charge is 0.326 e. The van der Waals surface area contributed by atoms with Crippen LogP contribution in [0.1, 0.15) is 77.6 Å². The van der Waals surface area contributed by atoms with Crippen LogP contribution in [0.4, 0.5) is 0 Å². The fourth-order valence-electron chi connectivity index (χ4n) is 3.19. The zero-order valence-corrected chi connectivity index (χ0v) is 20.4. The number of aliphatic carboxylic acids is 2. The van der Waals surface area contributed by atoms with Crippen LogP contribution >= 0.6 is 0 Å². The lowest BCUT2D eigenvalue weighted by atomic mass is 10.1. The van der Waals surface area contributed by atoms with Crippen LogP contribution in [-0.4, -0.2) is 71.0 Å². The minimum atomic E-state index is -1.63. The van der Waals surface area contributed by atoms with Crippen molar-refractivity contribution in [2.45, 2.75) is 89.6 Å². The lowest BCUT2D eigenvalue weighted by molar-refractivity contribution is -0.147. The van der Waals surface area contributed by atoms with E-state index in [1.54, 1.807) is 0 Å². The van der Waals surface area contributed by atoms with E-state index in [1.807, 2.05) is 5.32 Å². The summed E-state index contributed by atoms with van der Waals surface area (Å²) in [5, 5.41) is 24.8. The number of carboxylic acids is 2. The van der Waals surface area contributed by atoms with Crippen LogP contribution in [-0.2, 0) is 24.0 Å². The molecule has 0 bridgehead atoms. The maximum atomic E-state index is 12.6. The molecule has 9 N–H and O–H groups in total. The number of aliphatic imine (C=N–C) groups is 1. The van der Waals surface area contributed by atoms with Crippen molar-refractivity contribution in [1.82, 2.24) is 16.0 Å². The first kappa shape index (κ1) is 31.6. The van der Waals surface area contributed by atoms with Gasteiger partial charge < -0.3 is 37.6 Å².